The van der Waals surface area contributed by atoms with Crippen molar-refractivity contribution >= 4 is 5.91 Å². The van der Waals surface area contributed by atoms with Crippen molar-refractivity contribution in [1.82, 2.24) is 15.1 Å². The minimum Gasteiger partial charge on any atom is -0.352 e. The van der Waals surface area contributed by atoms with Crippen LogP contribution in [0.5, 0.6) is 0 Å². The van der Waals surface area contributed by atoms with Crippen molar-refractivity contribution in [3.05, 3.63) is 52.3 Å². The van der Waals surface area contributed by atoms with Crippen LogP contribution in [-0.4, -0.2) is 15.7 Å². The summed E-state index contributed by atoms with van der Waals surface area (Å²) < 4.78 is 40.1. The molecule has 1 aromatic carbocycles. The molecule has 0 aliphatic carbocycles. The second kappa shape index (κ2) is 7.93. The number of rotatable bonds is 6. The predicted octanol–water partition coefficient (Wildman–Crippen LogP) is 4.03. The number of carbonyl (C=O) groups is 1. The van der Waals surface area contributed by atoms with E-state index in [-0.39, 0.29) is 18.9 Å². The van der Waals surface area contributed by atoms with E-state index in [2.05, 4.69) is 24.3 Å². The summed E-state index contributed by atoms with van der Waals surface area (Å²) in [4.78, 5) is 12.2. The molecule has 0 saturated carbocycles. The first kappa shape index (κ1) is 20.0. The SMILES string of the molecule is Cc1nn(CC(C)C)c(C)c1CC(=O)NCc1cccc(C(F)(F)F)c1. The Morgan fingerprint density at radius 3 is 2.58 bits per heavy atom. The van der Waals surface area contributed by atoms with Crippen LogP contribution in [0.1, 0.15) is 41.9 Å². The molecule has 0 atom stereocenters. The van der Waals surface area contributed by atoms with E-state index >= 15 is 0 Å². The lowest BCUT2D eigenvalue weighted by atomic mass is 10.1. The minimum absolute atomic E-state index is 0.0565. The number of hydrogen-bond donors (Lipinski definition) is 1. The van der Waals surface area contributed by atoms with Gasteiger partial charge in [0.05, 0.1) is 17.7 Å². The molecule has 1 heterocycles. The van der Waals surface area contributed by atoms with Gasteiger partial charge in [-0.3, -0.25) is 9.48 Å². The van der Waals surface area contributed by atoms with Crippen LogP contribution in [0.3, 0.4) is 0 Å². The first-order valence-corrected chi connectivity index (χ1v) is 8.53. The molecule has 0 fully saturated rings. The maximum absolute atomic E-state index is 12.7. The Balaban J connectivity index is 2.01. The van der Waals surface area contributed by atoms with E-state index in [0.717, 1.165) is 35.6 Å². The number of alkyl halides is 3. The van der Waals surface area contributed by atoms with Crippen molar-refractivity contribution in [3.8, 4) is 0 Å². The third-order valence-corrected chi connectivity index (χ3v) is 4.15. The van der Waals surface area contributed by atoms with Gasteiger partial charge in [-0.15, -0.1) is 0 Å². The fourth-order valence-electron chi connectivity index (χ4n) is 2.79. The molecule has 2 aromatic rings. The highest BCUT2D eigenvalue weighted by molar-refractivity contribution is 5.79. The van der Waals surface area contributed by atoms with E-state index in [1.54, 1.807) is 6.07 Å². The van der Waals surface area contributed by atoms with Gasteiger partial charge in [-0.1, -0.05) is 26.0 Å². The Morgan fingerprint density at radius 1 is 1.27 bits per heavy atom. The first-order chi connectivity index (χ1) is 12.1. The molecule has 0 bridgehead atoms. The fourth-order valence-corrected chi connectivity index (χ4v) is 2.79. The summed E-state index contributed by atoms with van der Waals surface area (Å²) >= 11 is 0. The molecule has 7 heteroatoms. The zero-order valence-electron chi connectivity index (χ0n) is 15.4. The van der Waals surface area contributed by atoms with Gasteiger partial charge < -0.3 is 5.32 Å². The third kappa shape index (κ3) is 5.09. The quantitative estimate of drug-likeness (QED) is 0.838. The van der Waals surface area contributed by atoms with Crippen molar-refractivity contribution in [2.75, 3.05) is 0 Å². The van der Waals surface area contributed by atoms with Crippen molar-refractivity contribution in [3.63, 3.8) is 0 Å². The van der Waals surface area contributed by atoms with Crippen LogP contribution >= 0.6 is 0 Å². The van der Waals surface area contributed by atoms with Crippen molar-refractivity contribution in [1.29, 1.82) is 0 Å². The summed E-state index contributed by atoms with van der Waals surface area (Å²) in [6.45, 7) is 8.81. The Morgan fingerprint density at radius 2 is 1.96 bits per heavy atom. The van der Waals surface area contributed by atoms with Crippen molar-refractivity contribution < 1.29 is 18.0 Å². The summed E-state index contributed by atoms with van der Waals surface area (Å²) in [7, 11) is 0. The lowest BCUT2D eigenvalue weighted by Crippen LogP contribution is -2.25. The van der Waals surface area contributed by atoms with Crippen LogP contribution in [0.4, 0.5) is 13.2 Å². The monoisotopic (exact) mass is 367 g/mol. The molecule has 2 rings (SSSR count). The number of benzene rings is 1. The topological polar surface area (TPSA) is 46.9 Å². The zero-order chi connectivity index (χ0) is 19.5. The molecule has 0 aliphatic rings. The van der Waals surface area contributed by atoms with E-state index in [1.807, 2.05) is 18.5 Å². The molecule has 1 N–H and O–H groups in total. The predicted molar refractivity (Wildman–Crippen MR) is 93.5 cm³/mol. The van der Waals surface area contributed by atoms with Gasteiger partial charge >= 0.3 is 6.18 Å². The minimum atomic E-state index is -4.39. The second-order valence-corrected chi connectivity index (χ2v) is 6.88. The number of amides is 1. The van der Waals surface area contributed by atoms with Crippen LogP contribution < -0.4 is 5.32 Å². The summed E-state index contributed by atoms with van der Waals surface area (Å²) in [6, 6.07) is 4.97. The van der Waals surface area contributed by atoms with Gasteiger partial charge in [0.25, 0.3) is 0 Å². The van der Waals surface area contributed by atoms with Gasteiger partial charge in [0, 0.05) is 24.3 Å². The molecular formula is C19H24F3N3O. The standard InChI is InChI=1S/C19H24F3N3O/c1-12(2)11-25-14(4)17(13(3)24-25)9-18(26)23-10-15-6-5-7-16(8-15)19(20,21)22/h5-8,12H,9-11H2,1-4H3,(H,23,26). The molecule has 0 saturated heterocycles. The second-order valence-electron chi connectivity index (χ2n) is 6.88. The van der Waals surface area contributed by atoms with Crippen LogP contribution in [0.15, 0.2) is 24.3 Å². The molecule has 4 nitrogen and oxygen atoms in total. The van der Waals surface area contributed by atoms with E-state index in [4.69, 9.17) is 0 Å². The van der Waals surface area contributed by atoms with E-state index < -0.39 is 11.7 Å². The molecule has 0 unspecified atom stereocenters. The normalized spacial score (nSPS) is 11.8. The van der Waals surface area contributed by atoms with Crippen molar-refractivity contribution in [2.45, 2.75) is 53.4 Å². The number of nitrogens with one attached hydrogen (secondary N) is 1. The number of hydrogen-bond acceptors (Lipinski definition) is 2. The maximum atomic E-state index is 12.7. The number of carbonyl (C=O) groups excluding carboxylic acids is 1. The molecule has 142 valence electrons. The Bertz CT molecular complexity index is 779. The molecule has 0 spiro atoms. The van der Waals surface area contributed by atoms with Crippen LogP contribution in [0.2, 0.25) is 0 Å². The van der Waals surface area contributed by atoms with Gasteiger partial charge in [-0.2, -0.15) is 18.3 Å². The Kier molecular flexibility index (Phi) is 6.10. The van der Waals surface area contributed by atoms with Gasteiger partial charge in [0.1, 0.15) is 0 Å². The summed E-state index contributed by atoms with van der Waals surface area (Å²) in [5.41, 5.74) is 2.32. The van der Waals surface area contributed by atoms with Crippen molar-refractivity contribution in [2.24, 2.45) is 5.92 Å². The van der Waals surface area contributed by atoms with Crippen LogP contribution in [-0.2, 0) is 30.5 Å². The highest BCUT2D eigenvalue weighted by Crippen LogP contribution is 2.29. The van der Waals surface area contributed by atoms with E-state index in [0.29, 0.717) is 11.5 Å². The number of nitrogens with zero attached hydrogens (tertiary/aromatic N) is 2. The summed E-state index contributed by atoms with van der Waals surface area (Å²) in [6.07, 6.45) is -4.23. The van der Waals surface area contributed by atoms with Gasteiger partial charge in [-0.05, 0) is 37.5 Å². The lowest BCUT2D eigenvalue weighted by molar-refractivity contribution is -0.137. The fraction of sp³-hybridized carbons (Fsp3) is 0.474. The Hall–Kier alpha value is -2.31. The smallest absolute Gasteiger partial charge is 0.352 e. The molecule has 26 heavy (non-hydrogen) atoms. The highest BCUT2D eigenvalue weighted by Gasteiger charge is 2.30. The summed E-state index contributed by atoms with van der Waals surface area (Å²) in [5, 5.41) is 7.16. The van der Waals surface area contributed by atoms with E-state index in [1.165, 1.54) is 6.07 Å². The van der Waals surface area contributed by atoms with E-state index in [9.17, 15) is 18.0 Å². The average molecular weight is 367 g/mol. The highest BCUT2D eigenvalue weighted by atomic mass is 19.4. The van der Waals surface area contributed by atoms with Crippen LogP contribution in [0.25, 0.3) is 0 Å². The number of aromatic nitrogens is 2. The molecule has 1 aromatic heterocycles. The maximum Gasteiger partial charge on any atom is 0.416 e. The molecule has 1 amide bonds. The molecule has 0 aliphatic heterocycles. The largest absolute Gasteiger partial charge is 0.416 e. The van der Waals surface area contributed by atoms with Gasteiger partial charge in [-0.25, -0.2) is 0 Å². The van der Waals surface area contributed by atoms with Crippen LogP contribution in [0, 0.1) is 19.8 Å². The number of aryl methyl sites for hydroxylation is 1. The van der Waals surface area contributed by atoms with Gasteiger partial charge in [0.15, 0.2) is 0 Å². The first-order valence-electron chi connectivity index (χ1n) is 8.53. The molecular weight excluding hydrogens is 343 g/mol. The average Bonchev–Trinajstić information content (AvgIpc) is 2.79. The molecule has 0 radical (unpaired) electrons. The third-order valence-electron chi connectivity index (χ3n) is 4.15. The summed E-state index contributed by atoms with van der Waals surface area (Å²) in [5.74, 6) is 0.202. The lowest BCUT2D eigenvalue weighted by Gasteiger charge is -2.10. The number of halogens is 3. The van der Waals surface area contributed by atoms with Gasteiger partial charge in [0.2, 0.25) is 5.91 Å². The Labute approximate surface area is 151 Å². The zero-order valence-corrected chi connectivity index (χ0v) is 15.4.